The Morgan fingerprint density at radius 2 is 2.10 bits per heavy atom. The number of carboxylic acids is 1. The van der Waals surface area contributed by atoms with Gasteiger partial charge in [0, 0.05) is 10.9 Å². The average Bonchev–Trinajstić information content (AvgIpc) is 2.43. The molecule has 0 saturated carbocycles. The Balaban J connectivity index is 2.60. The van der Waals surface area contributed by atoms with Gasteiger partial charge in [0.15, 0.2) is 0 Å². The summed E-state index contributed by atoms with van der Waals surface area (Å²) in [5.41, 5.74) is 1.28. The highest BCUT2D eigenvalue weighted by atomic mass is 32.2. The lowest BCUT2D eigenvalue weighted by atomic mass is 10.0. The van der Waals surface area contributed by atoms with Gasteiger partial charge in [0.05, 0.1) is 0 Å². The van der Waals surface area contributed by atoms with E-state index >= 15 is 0 Å². The molecule has 20 heavy (non-hydrogen) atoms. The lowest BCUT2D eigenvalue weighted by molar-refractivity contribution is -0.139. The number of unbranched alkanes of at least 4 members (excludes halogenated alkanes) is 1. The first-order chi connectivity index (χ1) is 9.58. The predicted octanol–water partition coefficient (Wildman–Crippen LogP) is 3.57. The summed E-state index contributed by atoms with van der Waals surface area (Å²) in [6.45, 7) is 4.13. The highest BCUT2D eigenvalue weighted by molar-refractivity contribution is 7.98. The van der Waals surface area contributed by atoms with Crippen LogP contribution in [0.3, 0.4) is 0 Å². The number of benzene rings is 1. The minimum absolute atomic E-state index is 0.154. The van der Waals surface area contributed by atoms with Crippen LogP contribution in [0.25, 0.3) is 0 Å². The van der Waals surface area contributed by atoms with Crippen molar-refractivity contribution in [1.82, 2.24) is 5.32 Å². The van der Waals surface area contributed by atoms with Crippen LogP contribution in [0.2, 0.25) is 0 Å². The van der Waals surface area contributed by atoms with Crippen molar-refractivity contribution < 1.29 is 9.90 Å². The molecule has 0 aromatic heterocycles. The van der Waals surface area contributed by atoms with E-state index in [0.717, 1.165) is 19.3 Å². The molecule has 2 atom stereocenters. The van der Waals surface area contributed by atoms with Crippen molar-refractivity contribution in [2.45, 2.75) is 56.5 Å². The molecule has 0 bridgehead atoms. The van der Waals surface area contributed by atoms with Gasteiger partial charge in [0.1, 0.15) is 6.04 Å². The fraction of sp³-hybridized carbons (Fsp3) is 0.562. The van der Waals surface area contributed by atoms with Crippen molar-refractivity contribution in [3.05, 3.63) is 29.8 Å². The van der Waals surface area contributed by atoms with Crippen LogP contribution in [0.5, 0.6) is 0 Å². The van der Waals surface area contributed by atoms with E-state index in [1.165, 1.54) is 10.5 Å². The lowest BCUT2D eigenvalue weighted by Crippen LogP contribution is -2.43. The van der Waals surface area contributed by atoms with Gasteiger partial charge < -0.3 is 10.4 Å². The number of aliphatic carboxylic acids is 1. The molecule has 0 radical (unpaired) electrons. The van der Waals surface area contributed by atoms with Crippen LogP contribution in [-0.4, -0.2) is 29.4 Å². The molecule has 0 saturated heterocycles. The molecule has 1 aromatic rings. The molecule has 1 rings (SSSR count). The average molecular weight is 295 g/mol. The second-order valence-corrected chi connectivity index (χ2v) is 5.96. The zero-order chi connectivity index (χ0) is 15.0. The Morgan fingerprint density at radius 3 is 2.70 bits per heavy atom. The van der Waals surface area contributed by atoms with Gasteiger partial charge in [-0.25, -0.2) is 0 Å². The molecule has 0 aliphatic heterocycles. The molecule has 0 amide bonds. The summed E-state index contributed by atoms with van der Waals surface area (Å²) >= 11 is 1.73. The maximum atomic E-state index is 11.2. The van der Waals surface area contributed by atoms with Gasteiger partial charge in [0.2, 0.25) is 0 Å². The highest BCUT2D eigenvalue weighted by Crippen LogP contribution is 2.21. The van der Waals surface area contributed by atoms with Crippen LogP contribution in [0.1, 0.15) is 38.7 Å². The number of carboxylic acid groups (broad SMARTS) is 1. The van der Waals surface area contributed by atoms with E-state index in [9.17, 15) is 9.90 Å². The molecule has 0 fully saturated rings. The number of hydrogen-bond acceptors (Lipinski definition) is 3. The van der Waals surface area contributed by atoms with Gasteiger partial charge in [-0.2, -0.15) is 0 Å². The van der Waals surface area contributed by atoms with Crippen LogP contribution in [-0.2, 0) is 11.2 Å². The van der Waals surface area contributed by atoms with Crippen LogP contribution in [0, 0.1) is 0 Å². The van der Waals surface area contributed by atoms with E-state index in [2.05, 4.69) is 37.6 Å². The van der Waals surface area contributed by atoms with Crippen molar-refractivity contribution >= 4 is 17.7 Å². The Morgan fingerprint density at radius 1 is 1.40 bits per heavy atom. The van der Waals surface area contributed by atoms with Gasteiger partial charge in [-0.05, 0) is 37.7 Å². The third kappa shape index (κ3) is 5.55. The van der Waals surface area contributed by atoms with Gasteiger partial charge in [0.25, 0.3) is 0 Å². The van der Waals surface area contributed by atoms with E-state index in [1.807, 2.05) is 12.1 Å². The fourth-order valence-corrected chi connectivity index (χ4v) is 2.92. The standard InChI is InChI=1S/C16H25NO2S/c1-4-5-9-14(16(18)19)17-12(2)11-13-8-6-7-10-15(13)20-3/h6-8,10,12,14,17H,4-5,9,11H2,1-3H3,(H,18,19)/t12?,14-/m0/s1. The lowest BCUT2D eigenvalue weighted by Gasteiger charge is -2.21. The minimum Gasteiger partial charge on any atom is -0.480 e. The third-order valence-electron chi connectivity index (χ3n) is 3.35. The smallest absolute Gasteiger partial charge is 0.320 e. The summed E-state index contributed by atoms with van der Waals surface area (Å²) in [7, 11) is 0. The molecule has 2 N–H and O–H groups in total. The quantitative estimate of drug-likeness (QED) is 0.684. The van der Waals surface area contributed by atoms with Crippen LogP contribution >= 0.6 is 11.8 Å². The van der Waals surface area contributed by atoms with E-state index in [0.29, 0.717) is 6.42 Å². The molecule has 0 aliphatic rings. The van der Waals surface area contributed by atoms with Crippen LogP contribution in [0.4, 0.5) is 0 Å². The number of rotatable bonds is 9. The van der Waals surface area contributed by atoms with Gasteiger partial charge in [-0.15, -0.1) is 11.8 Å². The molecule has 0 spiro atoms. The molecule has 0 aliphatic carbocycles. The Kier molecular flexibility index (Phi) is 7.70. The molecule has 1 unspecified atom stereocenters. The summed E-state index contributed by atoms with van der Waals surface area (Å²) in [5, 5.41) is 12.5. The summed E-state index contributed by atoms with van der Waals surface area (Å²) in [5.74, 6) is -0.747. The third-order valence-corrected chi connectivity index (χ3v) is 4.19. The van der Waals surface area contributed by atoms with Gasteiger partial charge >= 0.3 is 5.97 Å². The minimum atomic E-state index is -0.747. The van der Waals surface area contributed by atoms with E-state index in [1.54, 1.807) is 11.8 Å². The normalized spacial score (nSPS) is 13.9. The monoisotopic (exact) mass is 295 g/mol. The molecule has 4 heteroatoms. The number of carbonyl (C=O) groups is 1. The second kappa shape index (κ2) is 9.03. The molecular formula is C16H25NO2S. The molecule has 3 nitrogen and oxygen atoms in total. The Bertz CT molecular complexity index is 423. The Labute approximate surface area is 126 Å². The SMILES string of the molecule is CCCC[C@H](NC(C)Cc1ccccc1SC)C(=O)O. The van der Waals surface area contributed by atoms with Crippen molar-refractivity contribution in [2.75, 3.05) is 6.26 Å². The van der Waals surface area contributed by atoms with Crippen molar-refractivity contribution in [3.8, 4) is 0 Å². The van der Waals surface area contributed by atoms with E-state index in [4.69, 9.17) is 0 Å². The maximum Gasteiger partial charge on any atom is 0.320 e. The summed E-state index contributed by atoms with van der Waals surface area (Å²) in [6, 6.07) is 8.01. The molecule has 112 valence electrons. The first-order valence-electron chi connectivity index (χ1n) is 7.19. The zero-order valence-electron chi connectivity index (χ0n) is 12.6. The highest BCUT2D eigenvalue weighted by Gasteiger charge is 2.19. The summed E-state index contributed by atoms with van der Waals surface area (Å²) in [6.07, 6.45) is 5.58. The number of nitrogens with one attached hydrogen (secondary N) is 1. The van der Waals surface area contributed by atoms with E-state index < -0.39 is 12.0 Å². The molecular weight excluding hydrogens is 270 g/mol. The topological polar surface area (TPSA) is 49.3 Å². The van der Waals surface area contributed by atoms with Gasteiger partial charge in [-0.1, -0.05) is 38.0 Å². The van der Waals surface area contributed by atoms with Gasteiger partial charge in [-0.3, -0.25) is 4.79 Å². The van der Waals surface area contributed by atoms with Crippen LogP contribution in [0.15, 0.2) is 29.2 Å². The number of hydrogen-bond donors (Lipinski definition) is 2. The Hall–Kier alpha value is -1.00. The van der Waals surface area contributed by atoms with Crippen LogP contribution < -0.4 is 5.32 Å². The zero-order valence-corrected chi connectivity index (χ0v) is 13.4. The largest absolute Gasteiger partial charge is 0.480 e. The first kappa shape index (κ1) is 17.1. The molecule has 0 heterocycles. The number of thioether (sulfide) groups is 1. The predicted molar refractivity (Wildman–Crippen MR) is 85.5 cm³/mol. The van der Waals surface area contributed by atoms with Crippen molar-refractivity contribution in [2.24, 2.45) is 0 Å². The van der Waals surface area contributed by atoms with Crippen molar-refractivity contribution in [3.63, 3.8) is 0 Å². The summed E-state index contributed by atoms with van der Waals surface area (Å²) < 4.78 is 0. The summed E-state index contributed by atoms with van der Waals surface area (Å²) in [4.78, 5) is 12.5. The first-order valence-corrected chi connectivity index (χ1v) is 8.41. The van der Waals surface area contributed by atoms with Crippen molar-refractivity contribution in [1.29, 1.82) is 0 Å². The van der Waals surface area contributed by atoms with E-state index in [-0.39, 0.29) is 6.04 Å². The second-order valence-electron chi connectivity index (χ2n) is 5.12. The fourth-order valence-electron chi connectivity index (χ4n) is 2.29. The molecule has 1 aromatic carbocycles. The maximum absolute atomic E-state index is 11.2.